The van der Waals surface area contributed by atoms with Crippen molar-refractivity contribution in [3.63, 3.8) is 0 Å². The summed E-state index contributed by atoms with van der Waals surface area (Å²) < 4.78 is 1.35. The molecule has 0 saturated carbocycles. The van der Waals surface area contributed by atoms with Crippen molar-refractivity contribution in [2.45, 2.75) is 33.2 Å². The zero-order valence-corrected chi connectivity index (χ0v) is 16.5. The summed E-state index contributed by atoms with van der Waals surface area (Å²) in [5.41, 5.74) is 6.67. The molecule has 0 unspecified atom stereocenters. The third kappa shape index (κ3) is 4.08. The lowest BCUT2D eigenvalue weighted by Gasteiger charge is -2.23. The second-order valence-corrected chi connectivity index (χ2v) is 6.69. The highest BCUT2D eigenvalue weighted by atomic mass is 35.5. The van der Waals surface area contributed by atoms with E-state index in [4.69, 9.17) is 29.6 Å². The van der Waals surface area contributed by atoms with Crippen LogP contribution >= 0.6 is 23.8 Å². The molecule has 140 valence electrons. The maximum absolute atomic E-state index is 12.3. The Morgan fingerprint density at radius 2 is 2.12 bits per heavy atom. The quantitative estimate of drug-likeness (QED) is 0.673. The Kier molecular flexibility index (Phi) is 6.44. The van der Waals surface area contributed by atoms with Crippen LogP contribution in [-0.4, -0.2) is 21.7 Å². The molecular weight excluding hydrogens is 374 g/mol. The molecule has 9 heteroatoms. The van der Waals surface area contributed by atoms with Gasteiger partial charge in [0.2, 0.25) is 0 Å². The molecule has 1 aromatic heterocycles. The summed E-state index contributed by atoms with van der Waals surface area (Å²) >= 11 is 11.5. The first kappa shape index (κ1) is 20.0. The minimum Gasteiger partial charge on any atom is -0.383 e. The van der Waals surface area contributed by atoms with Gasteiger partial charge >= 0.3 is 5.69 Å². The van der Waals surface area contributed by atoms with Crippen molar-refractivity contribution in [1.82, 2.24) is 9.55 Å². The van der Waals surface area contributed by atoms with Gasteiger partial charge in [0.15, 0.2) is 5.11 Å². The molecule has 2 aromatic rings. The van der Waals surface area contributed by atoms with Crippen LogP contribution in [0.3, 0.4) is 0 Å². The Morgan fingerprint density at radius 3 is 2.77 bits per heavy atom. The van der Waals surface area contributed by atoms with E-state index in [0.717, 1.165) is 24.1 Å². The lowest BCUT2D eigenvalue weighted by Crippen LogP contribution is -2.40. The van der Waals surface area contributed by atoms with Gasteiger partial charge in [-0.25, -0.2) is 4.79 Å². The van der Waals surface area contributed by atoms with Crippen LogP contribution in [0.1, 0.15) is 25.3 Å². The fourth-order valence-corrected chi connectivity index (χ4v) is 2.86. The van der Waals surface area contributed by atoms with Crippen LogP contribution in [0.4, 0.5) is 17.2 Å². The molecule has 0 saturated heterocycles. The number of aromatic nitrogens is 2. The molecular formula is C17H22ClN5O2S. The molecule has 0 fully saturated rings. The Labute approximate surface area is 161 Å². The van der Waals surface area contributed by atoms with Crippen molar-refractivity contribution in [2.75, 3.05) is 23.0 Å². The summed E-state index contributed by atoms with van der Waals surface area (Å²) in [4.78, 5) is 28.1. The number of thiocarbonyl (C=S) groups is 1. The molecule has 1 heterocycles. The lowest BCUT2D eigenvalue weighted by atomic mass is 10.2. The number of nitrogens with zero attached hydrogens (tertiary/aromatic N) is 2. The number of aromatic amines is 1. The van der Waals surface area contributed by atoms with Crippen molar-refractivity contribution < 1.29 is 0 Å². The minimum atomic E-state index is -0.588. The number of H-pyrrole nitrogens is 1. The standard InChI is InChI=1S/C17H22ClN5O2S/c1-4-5-9-23-14(19)13(15(24)21-16(23)25)22(3)17(26)20-12-8-6-7-11(18)10(12)2/h6-8H,4-5,9,19H2,1-3H3,(H,20,26)(H,21,24,25). The fraction of sp³-hybridized carbons (Fsp3) is 0.353. The van der Waals surface area contributed by atoms with Gasteiger partial charge in [-0.05, 0) is 43.3 Å². The van der Waals surface area contributed by atoms with Crippen LogP contribution in [0, 0.1) is 6.92 Å². The normalized spacial score (nSPS) is 10.6. The lowest BCUT2D eigenvalue weighted by molar-refractivity contribution is 0.605. The zero-order valence-electron chi connectivity index (χ0n) is 14.9. The maximum atomic E-state index is 12.3. The molecule has 0 radical (unpaired) electrons. The van der Waals surface area contributed by atoms with Crippen molar-refractivity contribution in [3.8, 4) is 0 Å². The molecule has 4 N–H and O–H groups in total. The highest BCUT2D eigenvalue weighted by molar-refractivity contribution is 7.80. The molecule has 0 bridgehead atoms. The molecule has 2 rings (SSSR count). The molecule has 0 amide bonds. The number of benzene rings is 1. The van der Waals surface area contributed by atoms with Gasteiger partial charge in [-0.1, -0.05) is 31.0 Å². The molecule has 7 nitrogen and oxygen atoms in total. The van der Waals surface area contributed by atoms with Gasteiger partial charge in [-0.2, -0.15) is 0 Å². The minimum absolute atomic E-state index is 0.0849. The fourth-order valence-electron chi connectivity index (χ4n) is 2.48. The van der Waals surface area contributed by atoms with Gasteiger partial charge in [0, 0.05) is 24.3 Å². The summed E-state index contributed by atoms with van der Waals surface area (Å²) in [5, 5.41) is 3.92. The predicted molar refractivity (Wildman–Crippen MR) is 111 cm³/mol. The van der Waals surface area contributed by atoms with Gasteiger partial charge in [0.1, 0.15) is 11.5 Å². The number of unbranched alkanes of at least 4 members (excludes halogenated alkanes) is 1. The molecule has 0 spiro atoms. The van der Waals surface area contributed by atoms with Crippen molar-refractivity contribution in [2.24, 2.45) is 0 Å². The van der Waals surface area contributed by atoms with Crippen LogP contribution in [0.25, 0.3) is 0 Å². The van der Waals surface area contributed by atoms with Crippen LogP contribution in [0.2, 0.25) is 5.02 Å². The molecule has 0 aliphatic rings. The molecule has 26 heavy (non-hydrogen) atoms. The SMILES string of the molecule is CCCCn1c(N)c(N(C)C(=S)Nc2cccc(Cl)c2C)c(=O)[nH]c1=O. The highest BCUT2D eigenvalue weighted by Gasteiger charge is 2.19. The van der Waals surface area contributed by atoms with E-state index < -0.39 is 11.2 Å². The first-order valence-corrected chi connectivity index (χ1v) is 8.99. The predicted octanol–water partition coefficient (Wildman–Crippen LogP) is 2.71. The van der Waals surface area contributed by atoms with E-state index in [0.29, 0.717) is 11.6 Å². The summed E-state index contributed by atoms with van der Waals surface area (Å²) in [6, 6.07) is 5.41. The van der Waals surface area contributed by atoms with Gasteiger partial charge in [-0.3, -0.25) is 14.3 Å². The highest BCUT2D eigenvalue weighted by Crippen LogP contribution is 2.24. The van der Waals surface area contributed by atoms with E-state index >= 15 is 0 Å². The average molecular weight is 396 g/mol. The zero-order chi connectivity index (χ0) is 19.4. The third-order valence-electron chi connectivity index (χ3n) is 4.10. The van der Waals surface area contributed by atoms with E-state index in [9.17, 15) is 9.59 Å². The van der Waals surface area contributed by atoms with Gasteiger partial charge in [-0.15, -0.1) is 0 Å². The molecule has 0 aliphatic carbocycles. The number of nitrogens with one attached hydrogen (secondary N) is 2. The number of hydrogen-bond acceptors (Lipinski definition) is 4. The smallest absolute Gasteiger partial charge is 0.330 e. The van der Waals surface area contributed by atoms with Crippen LogP contribution in [-0.2, 0) is 6.54 Å². The molecule has 1 aromatic carbocycles. The maximum Gasteiger partial charge on any atom is 0.330 e. The Bertz CT molecular complexity index is 938. The van der Waals surface area contributed by atoms with E-state index in [2.05, 4.69) is 10.3 Å². The first-order valence-electron chi connectivity index (χ1n) is 8.20. The summed E-state index contributed by atoms with van der Waals surface area (Å²) in [7, 11) is 1.62. The summed E-state index contributed by atoms with van der Waals surface area (Å²) in [6.07, 6.45) is 1.66. The number of halogens is 1. The van der Waals surface area contributed by atoms with E-state index in [1.165, 1.54) is 9.47 Å². The summed E-state index contributed by atoms with van der Waals surface area (Å²) in [6.45, 7) is 4.29. The van der Waals surface area contributed by atoms with Crippen LogP contribution in [0.15, 0.2) is 27.8 Å². The summed E-state index contributed by atoms with van der Waals surface area (Å²) in [5.74, 6) is 0.0849. The van der Waals surface area contributed by atoms with Gasteiger partial charge in [0.25, 0.3) is 5.56 Å². The number of anilines is 3. The van der Waals surface area contributed by atoms with Crippen LogP contribution < -0.4 is 27.2 Å². The average Bonchev–Trinajstić information content (AvgIpc) is 2.58. The second-order valence-electron chi connectivity index (χ2n) is 5.90. The Hall–Kier alpha value is -2.32. The Morgan fingerprint density at radius 1 is 1.42 bits per heavy atom. The molecule has 0 aliphatic heterocycles. The van der Waals surface area contributed by atoms with Gasteiger partial charge in [0.05, 0.1) is 0 Å². The van der Waals surface area contributed by atoms with Gasteiger partial charge < -0.3 is 16.0 Å². The van der Waals surface area contributed by atoms with Crippen molar-refractivity contribution >= 4 is 46.1 Å². The topological polar surface area (TPSA) is 96.2 Å². The number of rotatable bonds is 5. The monoisotopic (exact) mass is 395 g/mol. The van der Waals surface area contributed by atoms with Crippen molar-refractivity contribution in [1.29, 1.82) is 0 Å². The Balaban J connectivity index is 2.38. The van der Waals surface area contributed by atoms with Crippen LogP contribution in [0.5, 0.6) is 0 Å². The first-order chi connectivity index (χ1) is 12.3. The number of nitrogens with two attached hydrogens (primary N) is 1. The largest absolute Gasteiger partial charge is 0.383 e. The third-order valence-corrected chi connectivity index (χ3v) is 4.88. The molecule has 0 atom stereocenters. The van der Waals surface area contributed by atoms with E-state index in [-0.39, 0.29) is 16.6 Å². The van der Waals surface area contributed by atoms with Crippen molar-refractivity contribution in [3.05, 3.63) is 49.6 Å². The number of hydrogen-bond donors (Lipinski definition) is 3. The second kappa shape index (κ2) is 8.37. The van der Waals surface area contributed by atoms with E-state index in [1.807, 2.05) is 19.9 Å². The number of nitrogen functional groups attached to an aromatic ring is 1. The van der Waals surface area contributed by atoms with E-state index in [1.54, 1.807) is 19.2 Å².